The van der Waals surface area contributed by atoms with Crippen molar-refractivity contribution in [1.29, 1.82) is 0 Å². The third-order valence-corrected chi connectivity index (χ3v) is 5.80. The Kier molecular flexibility index (Phi) is 2.97. The van der Waals surface area contributed by atoms with Crippen LogP contribution in [-0.2, 0) is 15.2 Å². The molecule has 0 spiro atoms. The molecule has 1 fully saturated rings. The van der Waals surface area contributed by atoms with Crippen LogP contribution in [0.15, 0.2) is 18.2 Å². The van der Waals surface area contributed by atoms with E-state index in [1.165, 1.54) is 0 Å². The maximum atomic E-state index is 13.4. The van der Waals surface area contributed by atoms with Crippen LogP contribution in [0.3, 0.4) is 0 Å². The van der Waals surface area contributed by atoms with E-state index in [4.69, 9.17) is 0 Å². The molecule has 2 unspecified atom stereocenters. The Balaban J connectivity index is 2.04. The molecule has 126 valence electrons. The lowest BCUT2D eigenvalue weighted by atomic mass is 9.79. The second-order valence-corrected chi connectivity index (χ2v) is 8.01. The average molecular weight is 325 g/mol. The summed E-state index contributed by atoms with van der Waals surface area (Å²) in [5.74, 6) is -0.973. The summed E-state index contributed by atoms with van der Waals surface area (Å²) in [4.78, 5) is 27.5. The van der Waals surface area contributed by atoms with E-state index in [9.17, 15) is 14.7 Å². The lowest BCUT2D eigenvalue weighted by Gasteiger charge is -2.39. The quantitative estimate of drug-likeness (QED) is 0.863. The highest BCUT2D eigenvalue weighted by Crippen LogP contribution is 2.55. The van der Waals surface area contributed by atoms with Gasteiger partial charge in [0, 0.05) is 17.5 Å². The minimum absolute atomic E-state index is 0.00319. The molecular weight excluding hydrogens is 302 g/mol. The van der Waals surface area contributed by atoms with Gasteiger partial charge in [0.05, 0.1) is 17.1 Å². The SMILES string of the molecule is CC1=CC(C)(C)N2C(=O)C(O)(C3CCCC3=O)c3cc(C)cc1c32. The van der Waals surface area contributed by atoms with Crippen LogP contribution in [0.25, 0.3) is 5.57 Å². The van der Waals surface area contributed by atoms with Gasteiger partial charge in [-0.25, -0.2) is 0 Å². The molecule has 1 aliphatic carbocycles. The molecule has 2 atom stereocenters. The van der Waals surface area contributed by atoms with E-state index < -0.39 is 17.1 Å². The van der Waals surface area contributed by atoms with Gasteiger partial charge >= 0.3 is 0 Å². The first-order valence-electron chi connectivity index (χ1n) is 8.62. The van der Waals surface area contributed by atoms with Gasteiger partial charge < -0.3 is 5.11 Å². The molecule has 0 aromatic heterocycles. The van der Waals surface area contributed by atoms with Crippen LogP contribution in [0, 0.1) is 12.8 Å². The molecule has 0 bridgehead atoms. The molecule has 2 aliphatic heterocycles. The fourth-order valence-electron chi connectivity index (χ4n) is 4.81. The molecule has 1 amide bonds. The van der Waals surface area contributed by atoms with E-state index in [0.717, 1.165) is 28.8 Å². The average Bonchev–Trinajstić information content (AvgIpc) is 3.00. The zero-order valence-corrected chi connectivity index (χ0v) is 14.6. The predicted molar refractivity (Wildman–Crippen MR) is 92.6 cm³/mol. The maximum Gasteiger partial charge on any atom is 0.265 e. The van der Waals surface area contributed by atoms with Crippen molar-refractivity contribution in [2.45, 2.75) is 58.1 Å². The van der Waals surface area contributed by atoms with Gasteiger partial charge in [-0.2, -0.15) is 0 Å². The summed E-state index contributed by atoms with van der Waals surface area (Å²) in [7, 11) is 0. The van der Waals surface area contributed by atoms with Crippen molar-refractivity contribution >= 4 is 23.0 Å². The number of nitrogens with zero attached hydrogens (tertiary/aromatic N) is 1. The first-order chi connectivity index (χ1) is 11.2. The molecule has 1 saturated carbocycles. The Hall–Kier alpha value is -1.94. The van der Waals surface area contributed by atoms with Gasteiger partial charge in [-0.05, 0) is 57.7 Å². The van der Waals surface area contributed by atoms with Crippen LogP contribution in [0.2, 0.25) is 0 Å². The molecule has 1 aromatic rings. The lowest BCUT2D eigenvalue weighted by molar-refractivity contribution is -0.148. The lowest BCUT2D eigenvalue weighted by Crippen LogP contribution is -2.53. The maximum absolute atomic E-state index is 13.4. The van der Waals surface area contributed by atoms with Gasteiger partial charge in [-0.1, -0.05) is 12.1 Å². The number of aliphatic hydroxyl groups is 1. The molecule has 0 radical (unpaired) electrons. The van der Waals surface area contributed by atoms with Crippen LogP contribution in [0.1, 0.15) is 56.7 Å². The summed E-state index contributed by atoms with van der Waals surface area (Å²) < 4.78 is 0. The van der Waals surface area contributed by atoms with Crippen molar-refractivity contribution < 1.29 is 14.7 Å². The number of ketones is 1. The molecular formula is C20H23NO3. The van der Waals surface area contributed by atoms with Crippen molar-refractivity contribution in [1.82, 2.24) is 0 Å². The highest BCUT2D eigenvalue weighted by Gasteiger charge is 2.61. The van der Waals surface area contributed by atoms with Gasteiger partial charge in [-0.3, -0.25) is 14.5 Å². The molecule has 4 nitrogen and oxygen atoms in total. The number of aryl methyl sites for hydroxylation is 1. The van der Waals surface area contributed by atoms with E-state index in [1.807, 2.05) is 33.8 Å². The zero-order valence-electron chi connectivity index (χ0n) is 14.6. The number of hydrogen-bond donors (Lipinski definition) is 1. The topological polar surface area (TPSA) is 57.6 Å². The zero-order chi connectivity index (χ0) is 17.4. The third-order valence-electron chi connectivity index (χ3n) is 5.80. The van der Waals surface area contributed by atoms with Crippen molar-refractivity contribution in [3.63, 3.8) is 0 Å². The van der Waals surface area contributed by atoms with Crippen molar-refractivity contribution in [3.8, 4) is 0 Å². The number of benzene rings is 1. The Bertz CT molecular complexity index is 820. The monoisotopic (exact) mass is 325 g/mol. The first-order valence-corrected chi connectivity index (χ1v) is 8.62. The highest BCUT2D eigenvalue weighted by atomic mass is 16.3. The van der Waals surface area contributed by atoms with E-state index in [-0.39, 0.29) is 11.7 Å². The van der Waals surface area contributed by atoms with Gasteiger partial charge in [0.25, 0.3) is 5.91 Å². The Morgan fingerprint density at radius 2 is 1.92 bits per heavy atom. The Morgan fingerprint density at radius 3 is 2.54 bits per heavy atom. The summed E-state index contributed by atoms with van der Waals surface area (Å²) in [6.07, 6.45) is 3.84. The summed E-state index contributed by atoms with van der Waals surface area (Å²) in [6.45, 7) is 7.96. The predicted octanol–water partition coefficient (Wildman–Crippen LogP) is 3.09. The van der Waals surface area contributed by atoms with Gasteiger partial charge in [0.1, 0.15) is 5.78 Å². The number of amides is 1. The number of Topliss-reactive ketones (excluding diaryl/α,β-unsaturated/α-hetero) is 1. The van der Waals surface area contributed by atoms with Crippen LogP contribution in [-0.4, -0.2) is 22.3 Å². The second-order valence-electron chi connectivity index (χ2n) is 8.01. The molecule has 3 aliphatic rings. The van der Waals surface area contributed by atoms with E-state index in [0.29, 0.717) is 18.4 Å². The van der Waals surface area contributed by atoms with Crippen LogP contribution in [0.5, 0.6) is 0 Å². The summed E-state index contributed by atoms with van der Waals surface area (Å²) in [5, 5.41) is 11.5. The van der Waals surface area contributed by atoms with Crippen molar-refractivity contribution in [3.05, 3.63) is 34.9 Å². The molecule has 4 rings (SSSR count). The minimum atomic E-state index is -1.72. The number of hydrogen-bond acceptors (Lipinski definition) is 3. The number of carbonyl (C=O) groups excluding carboxylic acids is 2. The second kappa shape index (κ2) is 4.57. The molecule has 24 heavy (non-hydrogen) atoms. The van der Waals surface area contributed by atoms with Crippen molar-refractivity contribution in [2.75, 3.05) is 4.90 Å². The highest BCUT2D eigenvalue weighted by molar-refractivity contribution is 6.14. The Morgan fingerprint density at radius 1 is 1.21 bits per heavy atom. The summed E-state index contributed by atoms with van der Waals surface area (Å²) >= 11 is 0. The third kappa shape index (κ3) is 1.72. The number of anilines is 1. The van der Waals surface area contributed by atoms with Crippen molar-refractivity contribution in [2.24, 2.45) is 5.92 Å². The normalized spacial score (nSPS) is 30.6. The minimum Gasteiger partial charge on any atom is -0.375 e. The summed E-state index contributed by atoms with van der Waals surface area (Å²) in [5.41, 5.74) is 2.24. The number of rotatable bonds is 1. The van der Waals surface area contributed by atoms with Crippen LogP contribution >= 0.6 is 0 Å². The molecule has 0 saturated heterocycles. The number of allylic oxidation sites excluding steroid dienone is 1. The van der Waals surface area contributed by atoms with E-state index >= 15 is 0 Å². The standard InChI is InChI=1S/C20H23NO3/c1-11-8-13-12(2)10-19(3,4)21-17(13)15(9-11)20(24,18(21)23)14-6-5-7-16(14)22/h8-10,14,24H,5-7H2,1-4H3. The molecule has 2 heterocycles. The van der Waals surface area contributed by atoms with Gasteiger partial charge in [0.15, 0.2) is 5.60 Å². The molecule has 1 N–H and O–H groups in total. The summed E-state index contributed by atoms with van der Waals surface area (Å²) in [6, 6.07) is 3.94. The smallest absolute Gasteiger partial charge is 0.265 e. The molecule has 4 heteroatoms. The fraction of sp³-hybridized carbons (Fsp3) is 0.500. The Labute approximate surface area is 142 Å². The van der Waals surface area contributed by atoms with E-state index in [2.05, 4.69) is 12.1 Å². The fourth-order valence-corrected chi connectivity index (χ4v) is 4.81. The van der Waals surface area contributed by atoms with Gasteiger partial charge in [0.2, 0.25) is 0 Å². The number of carbonyl (C=O) groups is 2. The van der Waals surface area contributed by atoms with Crippen LogP contribution < -0.4 is 4.90 Å². The molecule has 1 aromatic carbocycles. The van der Waals surface area contributed by atoms with Gasteiger partial charge in [-0.15, -0.1) is 0 Å². The first kappa shape index (κ1) is 15.6. The largest absolute Gasteiger partial charge is 0.375 e. The van der Waals surface area contributed by atoms with Crippen LogP contribution in [0.4, 0.5) is 5.69 Å². The van der Waals surface area contributed by atoms with E-state index in [1.54, 1.807) is 4.90 Å².